The van der Waals surface area contributed by atoms with E-state index in [4.69, 9.17) is 26.4 Å². The largest absolute Gasteiger partial charge is 0.490 e. The van der Waals surface area contributed by atoms with Gasteiger partial charge in [0.1, 0.15) is 30.8 Å². The summed E-state index contributed by atoms with van der Waals surface area (Å²) < 4.78 is 16.4. The second kappa shape index (κ2) is 12.7. The van der Waals surface area contributed by atoms with Crippen molar-refractivity contribution in [3.8, 4) is 11.5 Å². The van der Waals surface area contributed by atoms with Gasteiger partial charge in [0.05, 0.1) is 18.1 Å². The SMILES string of the molecule is CC(C)Oc1ccccc1C(=O)NC(=S)N1CCNC(=O)C1CC(=O)OCCOc1ccccc1. The minimum atomic E-state index is -0.902. The lowest BCUT2D eigenvalue weighted by atomic mass is 10.1. The van der Waals surface area contributed by atoms with Crippen LogP contribution in [0.2, 0.25) is 0 Å². The molecule has 1 atom stereocenters. The fourth-order valence-electron chi connectivity index (χ4n) is 3.46. The van der Waals surface area contributed by atoms with Crippen molar-refractivity contribution in [3.05, 3.63) is 60.2 Å². The number of ether oxygens (including phenoxy) is 3. The number of nitrogens with zero attached hydrogens (tertiary/aromatic N) is 1. The first kappa shape index (κ1) is 26.0. The first-order valence-electron chi connectivity index (χ1n) is 11.3. The first-order valence-corrected chi connectivity index (χ1v) is 11.7. The predicted molar refractivity (Wildman–Crippen MR) is 133 cm³/mol. The highest BCUT2D eigenvalue weighted by Gasteiger charge is 2.34. The smallest absolute Gasteiger partial charge is 0.308 e. The van der Waals surface area contributed by atoms with Crippen molar-refractivity contribution in [3.63, 3.8) is 0 Å². The fraction of sp³-hybridized carbons (Fsp3) is 0.360. The Labute approximate surface area is 209 Å². The molecule has 0 bridgehead atoms. The van der Waals surface area contributed by atoms with Crippen LogP contribution in [0.3, 0.4) is 0 Å². The van der Waals surface area contributed by atoms with E-state index in [1.165, 1.54) is 4.90 Å². The number of hydrogen-bond acceptors (Lipinski definition) is 7. The summed E-state index contributed by atoms with van der Waals surface area (Å²) in [6.07, 6.45) is -0.338. The number of carbonyl (C=O) groups is 3. The van der Waals surface area contributed by atoms with Gasteiger partial charge in [0, 0.05) is 13.1 Å². The van der Waals surface area contributed by atoms with E-state index >= 15 is 0 Å². The normalized spacial score (nSPS) is 15.2. The van der Waals surface area contributed by atoms with E-state index in [2.05, 4.69) is 10.6 Å². The van der Waals surface area contributed by atoms with Gasteiger partial charge in [-0.3, -0.25) is 19.7 Å². The Hall–Kier alpha value is -3.66. The molecule has 3 rings (SSSR count). The number of piperazine rings is 1. The fourth-order valence-corrected chi connectivity index (χ4v) is 3.77. The maximum absolute atomic E-state index is 12.9. The molecule has 1 unspecified atom stereocenters. The molecule has 0 saturated carbocycles. The molecule has 1 saturated heterocycles. The van der Waals surface area contributed by atoms with Crippen molar-refractivity contribution >= 4 is 35.1 Å². The number of rotatable bonds is 9. The Bertz CT molecular complexity index is 1050. The molecule has 35 heavy (non-hydrogen) atoms. The van der Waals surface area contributed by atoms with Crippen LogP contribution >= 0.6 is 12.2 Å². The van der Waals surface area contributed by atoms with Crippen LogP contribution in [0.1, 0.15) is 30.6 Å². The van der Waals surface area contributed by atoms with Gasteiger partial charge in [-0.15, -0.1) is 0 Å². The van der Waals surface area contributed by atoms with Crippen molar-refractivity contribution in [1.82, 2.24) is 15.5 Å². The summed E-state index contributed by atoms with van der Waals surface area (Å²) in [6, 6.07) is 15.1. The van der Waals surface area contributed by atoms with Crippen LogP contribution in [0.4, 0.5) is 0 Å². The lowest BCUT2D eigenvalue weighted by Crippen LogP contribution is -2.60. The number of thiocarbonyl (C=S) groups is 1. The molecular formula is C25H29N3O6S. The second-order valence-corrected chi connectivity index (χ2v) is 8.40. The van der Waals surface area contributed by atoms with Crippen LogP contribution in [0.5, 0.6) is 11.5 Å². The van der Waals surface area contributed by atoms with Gasteiger partial charge in [0.25, 0.3) is 5.91 Å². The quantitative estimate of drug-likeness (QED) is 0.308. The number of esters is 1. The molecule has 1 fully saturated rings. The molecule has 9 nitrogen and oxygen atoms in total. The summed E-state index contributed by atoms with van der Waals surface area (Å²) in [6.45, 7) is 4.62. The van der Waals surface area contributed by atoms with Crippen LogP contribution in [0.15, 0.2) is 54.6 Å². The Morgan fingerprint density at radius 1 is 1.11 bits per heavy atom. The van der Waals surface area contributed by atoms with Crippen molar-refractivity contribution in [1.29, 1.82) is 0 Å². The molecule has 1 heterocycles. The van der Waals surface area contributed by atoms with E-state index in [0.29, 0.717) is 30.2 Å². The number of nitrogens with one attached hydrogen (secondary N) is 2. The maximum Gasteiger partial charge on any atom is 0.308 e. The van der Waals surface area contributed by atoms with Gasteiger partial charge in [-0.2, -0.15) is 0 Å². The molecule has 1 aliphatic heterocycles. The Morgan fingerprint density at radius 3 is 2.57 bits per heavy atom. The maximum atomic E-state index is 12.9. The molecule has 186 valence electrons. The Morgan fingerprint density at radius 2 is 1.83 bits per heavy atom. The summed E-state index contributed by atoms with van der Waals surface area (Å²) in [7, 11) is 0. The topological polar surface area (TPSA) is 106 Å². The molecular weight excluding hydrogens is 470 g/mol. The van der Waals surface area contributed by atoms with Crippen LogP contribution in [0, 0.1) is 0 Å². The molecule has 0 aromatic heterocycles. The summed E-state index contributed by atoms with van der Waals surface area (Å²) in [5, 5.41) is 5.43. The van der Waals surface area contributed by atoms with Crippen molar-refractivity contribution in [2.75, 3.05) is 26.3 Å². The zero-order chi connectivity index (χ0) is 25.2. The van der Waals surface area contributed by atoms with E-state index in [1.807, 2.05) is 32.0 Å². The van der Waals surface area contributed by atoms with E-state index in [-0.39, 0.29) is 36.8 Å². The molecule has 0 aliphatic carbocycles. The number of carbonyl (C=O) groups excluding carboxylic acids is 3. The molecule has 0 spiro atoms. The van der Waals surface area contributed by atoms with Gasteiger partial charge < -0.3 is 24.4 Å². The van der Waals surface area contributed by atoms with Crippen LogP contribution < -0.4 is 20.1 Å². The average molecular weight is 500 g/mol. The first-order chi connectivity index (χ1) is 16.8. The highest BCUT2D eigenvalue weighted by Crippen LogP contribution is 2.20. The van der Waals surface area contributed by atoms with Gasteiger partial charge in [-0.1, -0.05) is 30.3 Å². The van der Waals surface area contributed by atoms with E-state index in [0.717, 1.165) is 0 Å². The summed E-state index contributed by atoms with van der Waals surface area (Å²) in [5.41, 5.74) is 0.319. The zero-order valence-electron chi connectivity index (χ0n) is 19.7. The third-order valence-electron chi connectivity index (χ3n) is 5.02. The number of benzene rings is 2. The molecule has 10 heteroatoms. The molecule has 1 aliphatic rings. The molecule has 0 radical (unpaired) electrons. The van der Waals surface area contributed by atoms with Gasteiger partial charge in [-0.05, 0) is 50.3 Å². The van der Waals surface area contributed by atoms with E-state index < -0.39 is 17.9 Å². The van der Waals surface area contributed by atoms with Gasteiger partial charge in [-0.25, -0.2) is 0 Å². The van der Waals surface area contributed by atoms with Crippen molar-refractivity contribution < 1.29 is 28.6 Å². The van der Waals surface area contributed by atoms with Gasteiger partial charge in [0.2, 0.25) is 5.91 Å². The molecule has 2 N–H and O–H groups in total. The Balaban J connectivity index is 1.56. The minimum Gasteiger partial charge on any atom is -0.490 e. The van der Waals surface area contributed by atoms with Crippen LogP contribution in [0.25, 0.3) is 0 Å². The standard InChI is InChI=1S/C25H29N3O6S/c1-17(2)34-21-11-7-6-10-19(21)23(30)27-25(35)28-13-12-26-24(31)20(28)16-22(29)33-15-14-32-18-8-4-3-5-9-18/h3-11,17,20H,12-16H2,1-2H3,(H,26,31)(H,27,30,35). The Kier molecular flexibility index (Phi) is 9.42. The second-order valence-electron chi connectivity index (χ2n) is 8.01. The minimum absolute atomic E-state index is 0.0376. The monoisotopic (exact) mass is 499 g/mol. The van der Waals surface area contributed by atoms with E-state index in [9.17, 15) is 14.4 Å². The van der Waals surface area contributed by atoms with Gasteiger partial charge in [0.15, 0.2) is 5.11 Å². The highest BCUT2D eigenvalue weighted by molar-refractivity contribution is 7.80. The van der Waals surface area contributed by atoms with Crippen molar-refractivity contribution in [2.24, 2.45) is 0 Å². The van der Waals surface area contributed by atoms with Crippen molar-refractivity contribution in [2.45, 2.75) is 32.4 Å². The highest BCUT2D eigenvalue weighted by atomic mass is 32.1. The summed E-state index contributed by atoms with van der Waals surface area (Å²) in [4.78, 5) is 39.3. The summed E-state index contributed by atoms with van der Waals surface area (Å²) >= 11 is 5.43. The third-order valence-corrected chi connectivity index (χ3v) is 5.36. The average Bonchev–Trinajstić information content (AvgIpc) is 2.83. The predicted octanol–water partition coefficient (Wildman–Crippen LogP) is 2.30. The number of hydrogen-bond donors (Lipinski definition) is 2. The lowest BCUT2D eigenvalue weighted by molar-refractivity contribution is -0.148. The molecule has 2 aromatic carbocycles. The van der Waals surface area contributed by atoms with E-state index in [1.54, 1.807) is 36.4 Å². The lowest BCUT2D eigenvalue weighted by Gasteiger charge is -2.36. The number of para-hydroxylation sites is 2. The zero-order valence-corrected chi connectivity index (χ0v) is 20.5. The number of amides is 2. The van der Waals surface area contributed by atoms with Crippen LogP contribution in [-0.4, -0.2) is 66.2 Å². The summed E-state index contributed by atoms with van der Waals surface area (Å²) in [5.74, 6) is -0.302. The van der Waals surface area contributed by atoms with Crippen LogP contribution in [-0.2, 0) is 14.3 Å². The van der Waals surface area contributed by atoms with Gasteiger partial charge >= 0.3 is 5.97 Å². The third kappa shape index (κ3) is 7.68. The molecule has 2 amide bonds. The molecule has 2 aromatic rings.